The van der Waals surface area contributed by atoms with E-state index in [0.717, 1.165) is 26.1 Å². The van der Waals surface area contributed by atoms with Crippen LogP contribution in [0.25, 0.3) is 0 Å². The standard InChI is InChI=1S/C12H26N2O/c1-5-11-9-14(7-8-15-11)10(3)12(6-2)13-4/h10-13H,5-9H2,1-4H3. The van der Waals surface area contributed by atoms with E-state index in [1.54, 1.807) is 0 Å². The molecule has 1 N–H and O–H groups in total. The molecule has 1 aliphatic rings. The summed E-state index contributed by atoms with van der Waals surface area (Å²) in [6.07, 6.45) is 2.75. The van der Waals surface area contributed by atoms with Crippen LogP contribution in [0.1, 0.15) is 33.6 Å². The highest BCUT2D eigenvalue weighted by molar-refractivity contribution is 4.82. The van der Waals surface area contributed by atoms with E-state index in [2.05, 4.69) is 38.0 Å². The van der Waals surface area contributed by atoms with Crippen LogP contribution < -0.4 is 5.32 Å². The fraction of sp³-hybridized carbons (Fsp3) is 1.00. The Morgan fingerprint density at radius 3 is 2.73 bits per heavy atom. The van der Waals surface area contributed by atoms with E-state index in [0.29, 0.717) is 18.2 Å². The second-order valence-corrected chi connectivity index (χ2v) is 4.44. The molecule has 0 aromatic heterocycles. The van der Waals surface area contributed by atoms with Crippen LogP contribution in [-0.2, 0) is 4.74 Å². The summed E-state index contributed by atoms with van der Waals surface area (Å²) in [7, 11) is 2.06. The molecule has 90 valence electrons. The van der Waals surface area contributed by atoms with Crippen LogP contribution in [0.15, 0.2) is 0 Å². The van der Waals surface area contributed by atoms with Crippen LogP contribution in [0.4, 0.5) is 0 Å². The maximum atomic E-state index is 5.69. The van der Waals surface area contributed by atoms with Gasteiger partial charge in [0.1, 0.15) is 0 Å². The molecule has 3 nitrogen and oxygen atoms in total. The van der Waals surface area contributed by atoms with Gasteiger partial charge >= 0.3 is 0 Å². The molecule has 0 aromatic rings. The summed E-state index contributed by atoms with van der Waals surface area (Å²) in [5.41, 5.74) is 0. The van der Waals surface area contributed by atoms with Crippen molar-refractivity contribution in [2.24, 2.45) is 0 Å². The van der Waals surface area contributed by atoms with Crippen molar-refractivity contribution in [2.45, 2.75) is 51.8 Å². The Balaban J connectivity index is 2.47. The van der Waals surface area contributed by atoms with Crippen molar-refractivity contribution in [2.75, 3.05) is 26.7 Å². The zero-order valence-electron chi connectivity index (χ0n) is 10.6. The highest BCUT2D eigenvalue weighted by atomic mass is 16.5. The molecule has 15 heavy (non-hydrogen) atoms. The van der Waals surface area contributed by atoms with Gasteiger partial charge in [-0.05, 0) is 26.8 Å². The van der Waals surface area contributed by atoms with E-state index < -0.39 is 0 Å². The molecule has 0 bridgehead atoms. The molecular weight excluding hydrogens is 188 g/mol. The molecule has 1 heterocycles. The first-order valence-electron chi connectivity index (χ1n) is 6.25. The Hall–Kier alpha value is -0.120. The zero-order chi connectivity index (χ0) is 11.3. The number of nitrogens with one attached hydrogen (secondary N) is 1. The molecule has 1 rings (SSSR count). The van der Waals surface area contributed by atoms with Gasteiger partial charge in [0.2, 0.25) is 0 Å². The molecule has 1 aliphatic heterocycles. The molecule has 3 unspecified atom stereocenters. The van der Waals surface area contributed by atoms with Gasteiger partial charge in [0, 0.05) is 25.2 Å². The van der Waals surface area contributed by atoms with Crippen LogP contribution >= 0.6 is 0 Å². The minimum Gasteiger partial charge on any atom is -0.376 e. The van der Waals surface area contributed by atoms with Gasteiger partial charge in [-0.25, -0.2) is 0 Å². The minimum atomic E-state index is 0.440. The zero-order valence-corrected chi connectivity index (χ0v) is 10.6. The predicted molar refractivity (Wildman–Crippen MR) is 64.2 cm³/mol. The topological polar surface area (TPSA) is 24.5 Å². The van der Waals surface area contributed by atoms with Crippen LogP contribution in [0.5, 0.6) is 0 Å². The minimum absolute atomic E-state index is 0.440. The summed E-state index contributed by atoms with van der Waals surface area (Å²) in [6.45, 7) is 9.83. The Morgan fingerprint density at radius 1 is 1.47 bits per heavy atom. The predicted octanol–water partition coefficient (Wildman–Crippen LogP) is 1.48. The van der Waals surface area contributed by atoms with Crippen molar-refractivity contribution in [3.63, 3.8) is 0 Å². The van der Waals surface area contributed by atoms with Gasteiger partial charge in [-0.2, -0.15) is 0 Å². The summed E-state index contributed by atoms with van der Waals surface area (Å²) >= 11 is 0. The first-order valence-corrected chi connectivity index (χ1v) is 6.25. The highest BCUT2D eigenvalue weighted by Crippen LogP contribution is 2.14. The molecule has 0 amide bonds. The van der Waals surface area contributed by atoms with Gasteiger partial charge in [-0.15, -0.1) is 0 Å². The lowest BCUT2D eigenvalue weighted by atomic mass is 10.0. The second kappa shape index (κ2) is 6.46. The SMILES string of the molecule is CCC1CN(C(C)C(CC)NC)CCO1. The van der Waals surface area contributed by atoms with Gasteiger partial charge < -0.3 is 10.1 Å². The summed E-state index contributed by atoms with van der Waals surface area (Å²) in [5, 5.41) is 3.40. The molecule has 1 saturated heterocycles. The van der Waals surface area contributed by atoms with Crippen LogP contribution in [0.3, 0.4) is 0 Å². The Bertz CT molecular complexity index is 171. The monoisotopic (exact) mass is 214 g/mol. The first kappa shape index (κ1) is 12.9. The van der Waals surface area contributed by atoms with Crippen molar-refractivity contribution in [1.29, 1.82) is 0 Å². The summed E-state index contributed by atoms with van der Waals surface area (Å²) in [5.74, 6) is 0. The van der Waals surface area contributed by atoms with E-state index in [1.165, 1.54) is 6.42 Å². The summed E-state index contributed by atoms with van der Waals surface area (Å²) in [4.78, 5) is 2.56. The van der Waals surface area contributed by atoms with Crippen molar-refractivity contribution >= 4 is 0 Å². The molecule has 1 fully saturated rings. The smallest absolute Gasteiger partial charge is 0.0700 e. The van der Waals surface area contributed by atoms with E-state index in [-0.39, 0.29) is 0 Å². The number of hydrogen-bond acceptors (Lipinski definition) is 3. The molecule has 0 aromatic carbocycles. The lowest BCUT2D eigenvalue weighted by Crippen LogP contribution is -2.53. The highest BCUT2D eigenvalue weighted by Gasteiger charge is 2.26. The number of hydrogen-bond donors (Lipinski definition) is 1. The van der Waals surface area contributed by atoms with Crippen LogP contribution in [-0.4, -0.2) is 49.8 Å². The van der Waals surface area contributed by atoms with Crippen molar-refractivity contribution in [1.82, 2.24) is 10.2 Å². The third-order valence-electron chi connectivity index (χ3n) is 3.59. The van der Waals surface area contributed by atoms with Gasteiger partial charge in [0.25, 0.3) is 0 Å². The molecule has 0 radical (unpaired) electrons. The number of nitrogens with zero attached hydrogens (tertiary/aromatic N) is 1. The third-order valence-corrected chi connectivity index (χ3v) is 3.59. The number of likely N-dealkylation sites (N-methyl/N-ethyl adjacent to an activating group) is 1. The average molecular weight is 214 g/mol. The Morgan fingerprint density at radius 2 is 2.20 bits per heavy atom. The van der Waals surface area contributed by atoms with Crippen LogP contribution in [0.2, 0.25) is 0 Å². The lowest BCUT2D eigenvalue weighted by Gasteiger charge is -2.39. The van der Waals surface area contributed by atoms with E-state index in [1.807, 2.05) is 0 Å². The van der Waals surface area contributed by atoms with E-state index in [4.69, 9.17) is 4.74 Å². The average Bonchev–Trinajstić information content (AvgIpc) is 2.30. The molecule has 0 spiro atoms. The number of rotatable bonds is 5. The molecule has 0 aliphatic carbocycles. The van der Waals surface area contributed by atoms with Gasteiger partial charge in [-0.1, -0.05) is 13.8 Å². The fourth-order valence-corrected chi connectivity index (χ4v) is 2.40. The number of morpholine rings is 1. The largest absolute Gasteiger partial charge is 0.376 e. The Labute approximate surface area is 94.2 Å². The molecule has 3 atom stereocenters. The molecule has 0 saturated carbocycles. The molecular formula is C12H26N2O. The van der Waals surface area contributed by atoms with E-state index >= 15 is 0 Å². The summed E-state index contributed by atoms with van der Waals surface area (Å²) < 4.78 is 5.69. The second-order valence-electron chi connectivity index (χ2n) is 4.44. The first-order chi connectivity index (χ1) is 7.22. The van der Waals surface area contributed by atoms with Gasteiger partial charge in [-0.3, -0.25) is 4.90 Å². The molecule has 3 heteroatoms. The van der Waals surface area contributed by atoms with Crippen molar-refractivity contribution in [3.05, 3.63) is 0 Å². The number of ether oxygens (including phenoxy) is 1. The summed E-state index contributed by atoms with van der Waals surface area (Å²) in [6, 6.07) is 1.21. The van der Waals surface area contributed by atoms with Gasteiger partial charge in [0.05, 0.1) is 12.7 Å². The fourth-order valence-electron chi connectivity index (χ4n) is 2.40. The van der Waals surface area contributed by atoms with E-state index in [9.17, 15) is 0 Å². The normalized spacial score (nSPS) is 27.6. The Kier molecular flexibility index (Phi) is 5.58. The maximum absolute atomic E-state index is 5.69. The van der Waals surface area contributed by atoms with Crippen LogP contribution in [0, 0.1) is 0 Å². The van der Waals surface area contributed by atoms with Crippen molar-refractivity contribution < 1.29 is 4.74 Å². The van der Waals surface area contributed by atoms with Gasteiger partial charge in [0.15, 0.2) is 0 Å². The van der Waals surface area contributed by atoms with Crippen molar-refractivity contribution in [3.8, 4) is 0 Å². The lowest BCUT2D eigenvalue weighted by molar-refractivity contribution is -0.0465. The maximum Gasteiger partial charge on any atom is 0.0700 e. The quantitative estimate of drug-likeness (QED) is 0.750. The third kappa shape index (κ3) is 3.44.